The van der Waals surface area contributed by atoms with Gasteiger partial charge >= 0.3 is 0 Å². The Kier molecular flexibility index (Phi) is 3.45. The van der Waals surface area contributed by atoms with Gasteiger partial charge in [0.05, 0.1) is 10.0 Å². The van der Waals surface area contributed by atoms with Crippen LogP contribution in [0.3, 0.4) is 0 Å². The lowest BCUT2D eigenvalue weighted by atomic mass is 9.55. The van der Waals surface area contributed by atoms with Gasteiger partial charge in [-0.25, -0.2) is 0 Å². The molecule has 0 radical (unpaired) electrons. The zero-order chi connectivity index (χ0) is 16.4. The number of fused-ring (bicyclic) bond motifs is 5. The Balaban J connectivity index is 1.80. The van der Waals surface area contributed by atoms with Crippen molar-refractivity contribution in [3.8, 4) is 5.75 Å². The molecule has 0 spiro atoms. The predicted molar refractivity (Wildman–Crippen MR) is 90.8 cm³/mol. The molecular weight excluding hydrogens is 356 g/mol. The van der Waals surface area contributed by atoms with Crippen molar-refractivity contribution in [1.29, 1.82) is 0 Å². The summed E-state index contributed by atoms with van der Waals surface area (Å²) in [6.07, 6.45) is 6.34. The van der Waals surface area contributed by atoms with Crippen LogP contribution in [-0.4, -0.2) is 17.2 Å². The Bertz CT molecular complexity index is 711. The van der Waals surface area contributed by atoms with Gasteiger partial charge in [-0.15, -0.1) is 0 Å². The van der Waals surface area contributed by atoms with Crippen LogP contribution < -0.4 is 0 Å². The largest absolute Gasteiger partial charge is 0.506 e. The second-order valence-corrected chi connectivity index (χ2v) is 8.49. The van der Waals surface area contributed by atoms with E-state index in [9.17, 15) is 14.7 Å². The van der Waals surface area contributed by atoms with Gasteiger partial charge in [-0.3, -0.25) is 9.59 Å². The molecule has 4 rings (SSSR count). The Morgan fingerprint density at radius 2 is 2.09 bits per heavy atom. The average molecular weight is 377 g/mol. The number of rotatable bonds is 1. The van der Waals surface area contributed by atoms with Crippen molar-refractivity contribution >= 4 is 28.0 Å². The Hall–Kier alpha value is -1.16. The van der Waals surface area contributed by atoms with Crippen molar-refractivity contribution in [3.63, 3.8) is 0 Å². The summed E-state index contributed by atoms with van der Waals surface area (Å²) in [6, 6.07) is 2.01. The maximum Gasteiger partial charge on any atom is 0.154 e. The fourth-order valence-corrected chi connectivity index (χ4v) is 6.07. The number of Topliss-reactive ketones (excluding diaryl/α,β-unsaturated/α-hetero) is 1. The Morgan fingerprint density at radius 1 is 1.30 bits per heavy atom. The van der Waals surface area contributed by atoms with Crippen LogP contribution >= 0.6 is 15.9 Å². The lowest BCUT2D eigenvalue weighted by molar-refractivity contribution is -0.129. The molecule has 0 saturated heterocycles. The van der Waals surface area contributed by atoms with E-state index in [4.69, 9.17) is 0 Å². The summed E-state index contributed by atoms with van der Waals surface area (Å²) >= 11 is 3.40. The molecule has 1 aromatic carbocycles. The molecule has 3 nitrogen and oxygen atoms in total. The lowest BCUT2D eigenvalue weighted by Crippen LogP contribution is -2.42. The number of phenolic OH excluding ortho intramolecular Hbond substituents is 1. The summed E-state index contributed by atoms with van der Waals surface area (Å²) < 4.78 is 0.606. The van der Waals surface area contributed by atoms with Crippen molar-refractivity contribution in [3.05, 3.63) is 27.2 Å². The summed E-state index contributed by atoms with van der Waals surface area (Å²) in [5, 5.41) is 10.2. The summed E-state index contributed by atoms with van der Waals surface area (Å²) in [5.74, 6) is 1.94. The highest BCUT2D eigenvalue weighted by molar-refractivity contribution is 9.10. The van der Waals surface area contributed by atoms with E-state index >= 15 is 0 Å². The van der Waals surface area contributed by atoms with Crippen molar-refractivity contribution < 1.29 is 14.7 Å². The van der Waals surface area contributed by atoms with Gasteiger partial charge in [-0.05, 0) is 83.0 Å². The monoisotopic (exact) mass is 376 g/mol. The molecule has 0 aromatic heterocycles. The third-order valence-electron chi connectivity index (χ3n) is 6.83. The van der Waals surface area contributed by atoms with Crippen molar-refractivity contribution in [2.75, 3.05) is 0 Å². The van der Waals surface area contributed by atoms with E-state index < -0.39 is 0 Å². The van der Waals surface area contributed by atoms with Gasteiger partial charge < -0.3 is 5.11 Å². The number of carbonyl (C=O) groups is 2. The molecule has 1 aromatic rings. The molecule has 0 unspecified atom stereocenters. The minimum absolute atomic E-state index is 0.0638. The van der Waals surface area contributed by atoms with Crippen LogP contribution in [0.2, 0.25) is 0 Å². The maximum absolute atomic E-state index is 12.4. The van der Waals surface area contributed by atoms with E-state index in [1.54, 1.807) is 0 Å². The molecule has 0 amide bonds. The molecule has 0 bridgehead atoms. The third kappa shape index (κ3) is 2.00. The first-order chi connectivity index (χ1) is 11.0. The van der Waals surface area contributed by atoms with E-state index in [0.717, 1.165) is 50.4 Å². The molecule has 0 heterocycles. The number of hydrogen-bond donors (Lipinski definition) is 1. The summed E-state index contributed by atoms with van der Waals surface area (Å²) in [4.78, 5) is 23.8. The van der Waals surface area contributed by atoms with Crippen molar-refractivity contribution in [2.24, 2.45) is 17.3 Å². The molecule has 2 saturated carbocycles. The first-order valence-electron chi connectivity index (χ1n) is 8.50. The minimum atomic E-state index is -0.125. The Labute approximate surface area is 144 Å². The van der Waals surface area contributed by atoms with Gasteiger partial charge in [-0.1, -0.05) is 6.92 Å². The van der Waals surface area contributed by atoms with E-state index in [1.165, 1.54) is 5.56 Å². The highest BCUT2D eigenvalue weighted by Crippen LogP contribution is 2.60. The molecule has 1 N–H and O–H groups in total. The van der Waals surface area contributed by atoms with Crippen LogP contribution in [-0.2, 0) is 11.2 Å². The van der Waals surface area contributed by atoms with Gasteiger partial charge in [0.25, 0.3) is 0 Å². The van der Waals surface area contributed by atoms with Crippen LogP contribution in [0.1, 0.15) is 66.4 Å². The molecule has 2 fully saturated rings. The smallest absolute Gasteiger partial charge is 0.154 e. The molecule has 23 heavy (non-hydrogen) atoms. The predicted octanol–water partition coefficient (Wildman–Crippen LogP) is 4.39. The quantitative estimate of drug-likeness (QED) is 0.739. The highest BCUT2D eigenvalue weighted by atomic mass is 79.9. The number of aldehydes is 1. The van der Waals surface area contributed by atoms with Gasteiger partial charge in [0.1, 0.15) is 11.5 Å². The summed E-state index contributed by atoms with van der Waals surface area (Å²) in [6.45, 7) is 2.17. The first-order valence-corrected chi connectivity index (χ1v) is 9.29. The van der Waals surface area contributed by atoms with Crippen LogP contribution in [0.5, 0.6) is 5.75 Å². The molecular formula is C19H21BrO3. The second kappa shape index (κ2) is 5.17. The van der Waals surface area contributed by atoms with Crippen molar-refractivity contribution in [2.45, 2.75) is 51.4 Å². The number of hydrogen-bond acceptors (Lipinski definition) is 3. The number of ketones is 1. The number of carbonyl (C=O) groups excluding carboxylic acids is 2. The maximum atomic E-state index is 12.4. The van der Waals surface area contributed by atoms with Gasteiger partial charge in [0, 0.05) is 11.8 Å². The Morgan fingerprint density at radius 3 is 2.83 bits per heavy atom. The zero-order valence-corrected chi connectivity index (χ0v) is 14.9. The molecule has 0 aliphatic heterocycles. The molecule has 4 atom stereocenters. The fourth-order valence-electron chi connectivity index (χ4n) is 5.61. The highest BCUT2D eigenvalue weighted by Gasteiger charge is 2.54. The topological polar surface area (TPSA) is 54.4 Å². The normalized spacial score (nSPS) is 35.4. The number of halogens is 1. The molecule has 3 aliphatic carbocycles. The second-order valence-electron chi connectivity index (χ2n) is 7.64. The molecule has 4 heteroatoms. The minimum Gasteiger partial charge on any atom is -0.506 e. The van der Waals surface area contributed by atoms with E-state index in [1.807, 2.05) is 6.07 Å². The fraction of sp³-hybridized carbons (Fsp3) is 0.579. The molecule has 3 aliphatic rings. The van der Waals surface area contributed by atoms with E-state index in [0.29, 0.717) is 33.6 Å². The first kappa shape index (κ1) is 15.4. The van der Waals surface area contributed by atoms with Crippen molar-refractivity contribution in [1.82, 2.24) is 0 Å². The van der Waals surface area contributed by atoms with E-state index in [2.05, 4.69) is 22.9 Å². The zero-order valence-electron chi connectivity index (χ0n) is 13.3. The molecule has 122 valence electrons. The SMILES string of the molecule is C[C@]12CC[C@@H]3c4cc(Br)c(O)c(C=O)c4CC[C@H]3[C@@H]1CCC2=O. The van der Waals surface area contributed by atoms with Gasteiger partial charge in [0.15, 0.2) is 6.29 Å². The number of phenols is 1. The van der Waals surface area contributed by atoms with Gasteiger partial charge in [0.2, 0.25) is 0 Å². The number of benzene rings is 1. The van der Waals surface area contributed by atoms with Crippen LogP contribution in [0.25, 0.3) is 0 Å². The average Bonchev–Trinajstić information content (AvgIpc) is 2.84. The summed E-state index contributed by atoms with van der Waals surface area (Å²) in [7, 11) is 0. The van der Waals surface area contributed by atoms with Crippen LogP contribution in [0, 0.1) is 17.3 Å². The van der Waals surface area contributed by atoms with Gasteiger partial charge in [-0.2, -0.15) is 0 Å². The lowest BCUT2D eigenvalue weighted by Gasteiger charge is -2.48. The van der Waals surface area contributed by atoms with Crippen LogP contribution in [0.4, 0.5) is 0 Å². The number of aromatic hydroxyl groups is 1. The standard InChI is InChI=1S/C19H21BrO3/c1-19-7-6-11-12(15(19)4-5-17(19)22)3-2-10-13(11)8-16(20)18(23)14(10)9-21/h8-9,11-12,15,23H,2-7H2,1H3/t11-,12+,15-,19-/m0/s1. The van der Waals surface area contributed by atoms with Crippen LogP contribution in [0.15, 0.2) is 10.5 Å². The third-order valence-corrected chi connectivity index (χ3v) is 7.43. The summed E-state index contributed by atoms with van der Waals surface area (Å²) in [5.41, 5.74) is 2.56. The van der Waals surface area contributed by atoms with E-state index in [-0.39, 0.29) is 11.2 Å².